The van der Waals surface area contributed by atoms with Crippen molar-refractivity contribution in [3.05, 3.63) is 42.5 Å². The number of benzene rings is 1. The van der Waals surface area contributed by atoms with Gasteiger partial charge in [-0.1, -0.05) is 18.2 Å². The smallest absolute Gasteiger partial charge is 0.242 e. The van der Waals surface area contributed by atoms with E-state index in [-0.39, 0.29) is 0 Å². The van der Waals surface area contributed by atoms with Crippen LogP contribution < -0.4 is 9.74 Å². The highest BCUT2D eigenvalue weighted by atomic mass is 28.4. The number of hydrogen-bond donors (Lipinski definition) is 1. The van der Waals surface area contributed by atoms with E-state index in [0.29, 0.717) is 6.04 Å². The van der Waals surface area contributed by atoms with Gasteiger partial charge in [0, 0.05) is 32.2 Å². The van der Waals surface area contributed by atoms with E-state index >= 15 is 0 Å². The van der Waals surface area contributed by atoms with Gasteiger partial charge in [-0.2, -0.15) is 0 Å². The Hall–Kier alpha value is -1.10. The fourth-order valence-electron chi connectivity index (χ4n) is 2.94. The molecule has 22 heavy (non-hydrogen) atoms. The van der Waals surface area contributed by atoms with Crippen LogP contribution in [0.15, 0.2) is 36.9 Å². The molecule has 1 aliphatic rings. The van der Waals surface area contributed by atoms with E-state index < -0.39 is 8.32 Å². The summed E-state index contributed by atoms with van der Waals surface area (Å²) in [6.45, 7) is 14.9. The van der Waals surface area contributed by atoms with Crippen molar-refractivity contribution in [2.45, 2.75) is 38.5 Å². The lowest BCUT2D eigenvalue weighted by atomic mass is 9.99. The topological polar surface area (TPSA) is 24.5 Å². The predicted molar refractivity (Wildman–Crippen MR) is 97.0 cm³/mol. The summed E-state index contributed by atoms with van der Waals surface area (Å²) in [6, 6.07) is 9.24. The number of nitrogens with zero attached hydrogens (tertiary/aromatic N) is 1. The quantitative estimate of drug-likeness (QED) is 0.611. The minimum Gasteiger partial charge on any atom is -0.544 e. The van der Waals surface area contributed by atoms with Crippen LogP contribution in [0.3, 0.4) is 0 Å². The Bertz CT molecular complexity index is 461. The molecule has 4 heteroatoms. The Morgan fingerprint density at radius 2 is 1.86 bits per heavy atom. The van der Waals surface area contributed by atoms with Crippen molar-refractivity contribution in [3.8, 4) is 5.75 Å². The molecule has 0 amide bonds. The average Bonchev–Trinajstić information content (AvgIpc) is 2.49. The SMILES string of the molecule is C=CCC[C@@H](c1ccc(O[Si](C)(C)C)cc1)N1CCNCC1. The third-order valence-corrected chi connectivity index (χ3v) is 4.77. The van der Waals surface area contributed by atoms with Crippen LogP contribution in [-0.4, -0.2) is 39.4 Å². The molecule has 0 aliphatic carbocycles. The molecule has 1 atom stereocenters. The van der Waals surface area contributed by atoms with E-state index in [2.05, 4.69) is 60.7 Å². The Kier molecular flexibility index (Phi) is 6.23. The Balaban J connectivity index is 2.10. The summed E-state index contributed by atoms with van der Waals surface area (Å²) in [6.07, 6.45) is 4.22. The molecule has 1 aliphatic heterocycles. The first-order valence-corrected chi connectivity index (χ1v) is 11.7. The second-order valence-electron chi connectivity index (χ2n) is 6.95. The summed E-state index contributed by atoms with van der Waals surface area (Å²) >= 11 is 0. The Labute approximate surface area is 136 Å². The Morgan fingerprint density at radius 3 is 2.41 bits per heavy atom. The molecule has 1 aromatic rings. The third kappa shape index (κ3) is 5.27. The van der Waals surface area contributed by atoms with Crippen molar-refractivity contribution >= 4 is 8.32 Å². The molecule has 122 valence electrons. The number of allylic oxidation sites excluding steroid dienone is 1. The molecule has 0 radical (unpaired) electrons. The molecular weight excluding hydrogens is 288 g/mol. The van der Waals surface area contributed by atoms with Crippen LogP contribution in [0.25, 0.3) is 0 Å². The minimum atomic E-state index is -1.53. The molecule has 2 rings (SSSR count). The molecule has 0 spiro atoms. The maximum absolute atomic E-state index is 6.06. The van der Waals surface area contributed by atoms with Crippen molar-refractivity contribution < 1.29 is 4.43 Å². The van der Waals surface area contributed by atoms with Gasteiger partial charge in [0.15, 0.2) is 0 Å². The van der Waals surface area contributed by atoms with Gasteiger partial charge in [-0.15, -0.1) is 6.58 Å². The van der Waals surface area contributed by atoms with E-state index in [0.717, 1.165) is 44.8 Å². The minimum absolute atomic E-state index is 0.487. The summed E-state index contributed by atoms with van der Waals surface area (Å²) in [5.41, 5.74) is 1.40. The first-order chi connectivity index (χ1) is 10.5. The molecule has 1 aromatic carbocycles. The maximum Gasteiger partial charge on any atom is 0.242 e. The van der Waals surface area contributed by atoms with Crippen LogP contribution in [-0.2, 0) is 0 Å². The van der Waals surface area contributed by atoms with E-state index in [9.17, 15) is 0 Å². The van der Waals surface area contributed by atoms with Gasteiger partial charge in [-0.25, -0.2) is 0 Å². The van der Waals surface area contributed by atoms with Crippen molar-refractivity contribution in [3.63, 3.8) is 0 Å². The lowest BCUT2D eigenvalue weighted by Crippen LogP contribution is -2.45. The van der Waals surface area contributed by atoms with Crippen LogP contribution in [0.1, 0.15) is 24.4 Å². The standard InChI is InChI=1S/C18H30N2OSi/c1-5-6-7-18(20-14-12-19-13-15-20)16-8-10-17(11-9-16)21-22(2,3)4/h5,8-11,18-19H,1,6-7,12-15H2,2-4H3/t18-/m0/s1. The van der Waals surface area contributed by atoms with Gasteiger partial charge in [0.05, 0.1) is 0 Å². The average molecular weight is 319 g/mol. The summed E-state index contributed by atoms with van der Waals surface area (Å²) in [5, 5.41) is 3.43. The van der Waals surface area contributed by atoms with Gasteiger partial charge < -0.3 is 9.74 Å². The summed E-state index contributed by atoms with van der Waals surface area (Å²) < 4.78 is 6.06. The molecule has 3 nitrogen and oxygen atoms in total. The van der Waals surface area contributed by atoms with E-state index in [1.807, 2.05) is 6.08 Å². The van der Waals surface area contributed by atoms with Crippen LogP contribution in [0, 0.1) is 0 Å². The van der Waals surface area contributed by atoms with Crippen LogP contribution in [0.5, 0.6) is 5.75 Å². The van der Waals surface area contributed by atoms with Crippen LogP contribution >= 0.6 is 0 Å². The molecule has 0 unspecified atom stereocenters. The van der Waals surface area contributed by atoms with Gasteiger partial charge in [-0.3, -0.25) is 4.90 Å². The lowest BCUT2D eigenvalue weighted by Gasteiger charge is -2.35. The van der Waals surface area contributed by atoms with Gasteiger partial charge in [0.2, 0.25) is 8.32 Å². The zero-order chi connectivity index (χ0) is 16.0. The first kappa shape index (κ1) is 17.3. The van der Waals surface area contributed by atoms with Crippen molar-refractivity contribution in [1.29, 1.82) is 0 Å². The fraction of sp³-hybridized carbons (Fsp3) is 0.556. The highest BCUT2D eigenvalue weighted by Crippen LogP contribution is 2.28. The second-order valence-corrected chi connectivity index (χ2v) is 11.4. The second kappa shape index (κ2) is 7.95. The number of rotatable bonds is 7. The molecule has 0 aromatic heterocycles. The maximum atomic E-state index is 6.06. The van der Waals surface area contributed by atoms with Gasteiger partial charge in [0.25, 0.3) is 0 Å². The zero-order valence-electron chi connectivity index (χ0n) is 14.3. The van der Waals surface area contributed by atoms with Gasteiger partial charge >= 0.3 is 0 Å². The molecule has 1 heterocycles. The highest BCUT2D eigenvalue weighted by Gasteiger charge is 2.22. The largest absolute Gasteiger partial charge is 0.544 e. The zero-order valence-corrected chi connectivity index (χ0v) is 15.3. The Morgan fingerprint density at radius 1 is 1.23 bits per heavy atom. The van der Waals surface area contributed by atoms with Crippen molar-refractivity contribution in [1.82, 2.24) is 10.2 Å². The van der Waals surface area contributed by atoms with Crippen molar-refractivity contribution in [2.75, 3.05) is 26.2 Å². The monoisotopic (exact) mass is 318 g/mol. The number of piperazine rings is 1. The van der Waals surface area contributed by atoms with Crippen LogP contribution in [0.4, 0.5) is 0 Å². The van der Waals surface area contributed by atoms with Gasteiger partial charge in [-0.05, 0) is 50.2 Å². The van der Waals surface area contributed by atoms with E-state index in [1.165, 1.54) is 5.56 Å². The fourth-order valence-corrected chi connectivity index (χ4v) is 3.78. The molecule has 1 fully saturated rings. The molecule has 1 saturated heterocycles. The summed E-state index contributed by atoms with van der Waals surface area (Å²) in [7, 11) is -1.53. The van der Waals surface area contributed by atoms with Crippen LogP contribution in [0.2, 0.25) is 19.6 Å². The highest BCUT2D eigenvalue weighted by molar-refractivity contribution is 6.70. The third-order valence-electron chi connectivity index (χ3n) is 3.93. The van der Waals surface area contributed by atoms with Crippen molar-refractivity contribution in [2.24, 2.45) is 0 Å². The normalized spacial score (nSPS) is 18.0. The molecule has 0 bridgehead atoms. The number of nitrogens with one attached hydrogen (secondary N) is 1. The molecule has 1 N–H and O–H groups in total. The van der Waals surface area contributed by atoms with E-state index in [4.69, 9.17) is 4.43 Å². The molecule has 0 saturated carbocycles. The van der Waals surface area contributed by atoms with Gasteiger partial charge in [0.1, 0.15) is 5.75 Å². The van der Waals surface area contributed by atoms with E-state index in [1.54, 1.807) is 0 Å². The summed E-state index contributed by atoms with van der Waals surface area (Å²) in [4.78, 5) is 2.59. The number of hydrogen-bond acceptors (Lipinski definition) is 3. The molecular formula is C18H30N2OSi. The summed E-state index contributed by atoms with van der Waals surface area (Å²) in [5.74, 6) is 1.01. The predicted octanol–water partition coefficient (Wildman–Crippen LogP) is 3.81. The lowest BCUT2D eigenvalue weighted by molar-refractivity contribution is 0.166. The first-order valence-electron chi connectivity index (χ1n) is 8.34.